The van der Waals surface area contributed by atoms with E-state index in [0.29, 0.717) is 0 Å². The number of ether oxygens (including phenoxy) is 1. The van der Waals surface area contributed by atoms with E-state index in [1.807, 2.05) is 0 Å². The number of carbonyl (C=O) groups excluding carboxylic acids is 2. The second-order valence-electron chi connectivity index (χ2n) is 5.36. The van der Waals surface area contributed by atoms with Crippen LogP contribution >= 0.6 is 0 Å². The Bertz CT molecular complexity index is 794. The number of piperazine rings is 1. The number of nitrogens with zero attached hydrogens (tertiary/aromatic N) is 4. The van der Waals surface area contributed by atoms with Gasteiger partial charge in [0.1, 0.15) is 11.6 Å². The number of aromatic hydroxyl groups is 2. The average molecular weight is 364 g/mol. The number of hydrogen-bond donors (Lipinski definition) is 2. The van der Waals surface area contributed by atoms with Gasteiger partial charge >= 0.3 is 11.8 Å². The van der Waals surface area contributed by atoms with Crippen LogP contribution in [0.15, 0.2) is 6.07 Å². The van der Waals surface area contributed by atoms with Gasteiger partial charge in [-0.1, -0.05) is 0 Å². The van der Waals surface area contributed by atoms with E-state index in [2.05, 4.69) is 0 Å². The van der Waals surface area contributed by atoms with Crippen molar-refractivity contribution in [3.8, 4) is 17.6 Å². The van der Waals surface area contributed by atoms with E-state index in [9.17, 15) is 29.9 Å². The van der Waals surface area contributed by atoms with Crippen molar-refractivity contribution in [3.63, 3.8) is 0 Å². The number of nitro groups is 1. The van der Waals surface area contributed by atoms with Gasteiger partial charge in [0.05, 0.1) is 17.1 Å². The van der Waals surface area contributed by atoms with Crippen molar-refractivity contribution < 1.29 is 29.5 Å². The van der Waals surface area contributed by atoms with Gasteiger partial charge in [-0.25, -0.2) is 4.79 Å². The fourth-order valence-corrected chi connectivity index (χ4v) is 2.59. The van der Waals surface area contributed by atoms with E-state index in [1.165, 1.54) is 9.80 Å². The minimum Gasteiger partial charge on any atom is -0.504 e. The molecule has 0 bridgehead atoms. The summed E-state index contributed by atoms with van der Waals surface area (Å²) in [6.45, 7) is 2.33. The van der Waals surface area contributed by atoms with E-state index in [1.54, 1.807) is 13.0 Å². The van der Waals surface area contributed by atoms with Crippen LogP contribution in [0.1, 0.15) is 22.8 Å². The first-order valence-electron chi connectivity index (χ1n) is 7.66. The first-order valence-corrected chi connectivity index (χ1v) is 7.66. The topological polar surface area (TPSA) is 157 Å². The predicted octanol–water partition coefficient (Wildman–Crippen LogP) is 0.792. The van der Waals surface area contributed by atoms with Gasteiger partial charge in [0.25, 0.3) is 5.91 Å². The van der Waals surface area contributed by atoms with Crippen molar-refractivity contribution in [1.29, 1.82) is 5.26 Å². The molecule has 11 heteroatoms. The van der Waals surface area contributed by atoms with Gasteiger partial charge in [0.15, 0.2) is 5.75 Å². The molecular weight excluding hydrogens is 348 g/mol. The van der Waals surface area contributed by atoms with E-state index in [-0.39, 0.29) is 32.8 Å². The summed E-state index contributed by atoms with van der Waals surface area (Å²) < 4.78 is 4.87. The number of hydrogen-bond acceptors (Lipinski definition) is 8. The number of nitriles is 1. The third-order valence-corrected chi connectivity index (χ3v) is 3.86. The van der Waals surface area contributed by atoms with Crippen LogP contribution in [-0.4, -0.2) is 69.7 Å². The number of phenolic OH excluding ortho intramolecular Hbond substituents is 2. The number of carbonyl (C=O) groups is 2. The molecular formula is C15H16N4O7. The van der Waals surface area contributed by atoms with Crippen molar-refractivity contribution in [2.45, 2.75) is 6.92 Å². The molecule has 1 saturated heterocycles. The normalized spacial score (nSPS) is 13.8. The molecule has 0 aromatic heterocycles. The van der Waals surface area contributed by atoms with Gasteiger partial charge in [-0.2, -0.15) is 5.26 Å². The highest BCUT2D eigenvalue weighted by molar-refractivity contribution is 6.02. The highest BCUT2D eigenvalue weighted by Crippen LogP contribution is 2.40. The average Bonchev–Trinajstić information content (AvgIpc) is 2.62. The lowest BCUT2D eigenvalue weighted by molar-refractivity contribution is -0.386. The summed E-state index contributed by atoms with van der Waals surface area (Å²) in [4.78, 5) is 37.2. The van der Waals surface area contributed by atoms with Gasteiger partial charge < -0.3 is 24.7 Å². The van der Waals surface area contributed by atoms with Gasteiger partial charge in [0, 0.05) is 32.2 Å². The number of benzene rings is 1. The zero-order valence-electron chi connectivity index (χ0n) is 13.8. The number of amides is 2. The third-order valence-electron chi connectivity index (χ3n) is 3.86. The Morgan fingerprint density at radius 2 is 1.88 bits per heavy atom. The van der Waals surface area contributed by atoms with Crippen molar-refractivity contribution >= 4 is 17.7 Å². The lowest BCUT2D eigenvalue weighted by atomic mass is 10.0. The maximum atomic E-state index is 12.7. The van der Waals surface area contributed by atoms with Crippen molar-refractivity contribution in [2.75, 3.05) is 32.8 Å². The summed E-state index contributed by atoms with van der Waals surface area (Å²) in [5.74, 6) is -2.79. The summed E-state index contributed by atoms with van der Waals surface area (Å²) in [6.07, 6.45) is -0.523. The molecule has 0 atom stereocenters. The monoisotopic (exact) mass is 364 g/mol. The Balaban J connectivity index is 2.31. The largest absolute Gasteiger partial charge is 0.504 e. The summed E-state index contributed by atoms with van der Waals surface area (Å²) in [6, 6.07) is 2.41. The lowest BCUT2D eigenvalue weighted by Crippen LogP contribution is -2.50. The standard InChI is InChI=1S/C15H16N4O7/c1-2-26-15(23)18-5-3-17(4-6-18)14(22)11-9(8-16)7-10(20)13(21)12(11)19(24)25/h7,20-21H,2-6H2,1H3. The molecule has 1 aromatic rings. The summed E-state index contributed by atoms with van der Waals surface area (Å²) in [7, 11) is 0. The zero-order chi connectivity index (χ0) is 19.4. The van der Waals surface area contributed by atoms with Crippen molar-refractivity contribution in [2.24, 2.45) is 0 Å². The Morgan fingerprint density at radius 1 is 1.31 bits per heavy atom. The van der Waals surface area contributed by atoms with E-state index >= 15 is 0 Å². The molecule has 0 radical (unpaired) electrons. The zero-order valence-corrected chi connectivity index (χ0v) is 13.8. The van der Waals surface area contributed by atoms with Crippen molar-refractivity contribution in [1.82, 2.24) is 9.80 Å². The number of nitro benzene ring substituents is 1. The Hall–Kier alpha value is -3.55. The van der Waals surface area contributed by atoms with Crippen LogP contribution in [-0.2, 0) is 4.74 Å². The third kappa shape index (κ3) is 3.44. The summed E-state index contributed by atoms with van der Waals surface area (Å²) in [5.41, 5.74) is -2.05. The van der Waals surface area contributed by atoms with E-state index in [4.69, 9.17) is 10.00 Å². The highest BCUT2D eigenvalue weighted by Gasteiger charge is 2.35. The predicted molar refractivity (Wildman–Crippen MR) is 85.6 cm³/mol. The molecule has 0 saturated carbocycles. The SMILES string of the molecule is CCOC(=O)N1CCN(C(=O)c2c(C#N)cc(O)c(O)c2[N+](=O)[O-])CC1. The maximum absolute atomic E-state index is 12.7. The minimum atomic E-state index is -1.08. The molecule has 1 aliphatic rings. The molecule has 0 unspecified atom stereocenters. The highest BCUT2D eigenvalue weighted by atomic mass is 16.6. The van der Waals surface area contributed by atoms with Crippen LogP contribution in [0.2, 0.25) is 0 Å². The van der Waals surface area contributed by atoms with Gasteiger partial charge in [-0.3, -0.25) is 14.9 Å². The summed E-state index contributed by atoms with van der Waals surface area (Å²) >= 11 is 0. The van der Waals surface area contributed by atoms with Crippen LogP contribution in [0.25, 0.3) is 0 Å². The Morgan fingerprint density at radius 3 is 2.38 bits per heavy atom. The molecule has 1 aliphatic heterocycles. The fourth-order valence-electron chi connectivity index (χ4n) is 2.59. The first-order chi connectivity index (χ1) is 12.3. The second-order valence-corrected chi connectivity index (χ2v) is 5.36. The van der Waals surface area contributed by atoms with Gasteiger partial charge in [0.2, 0.25) is 5.75 Å². The molecule has 1 fully saturated rings. The van der Waals surface area contributed by atoms with Crippen LogP contribution in [0.4, 0.5) is 10.5 Å². The van der Waals surface area contributed by atoms with Crippen LogP contribution < -0.4 is 0 Å². The molecule has 0 aliphatic carbocycles. The summed E-state index contributed by atoms with van der Waals surface area (Å²) in [5, 5.41) is 39.7. The molecule has 2 rings (SSSR count). The molecule has 11 nitrogen and oxygen atoms in total. The lowest BCUT2D eigenvalue weighted by Gasteiger charge is -2.34. The molecule has 26 heavy (non-hydrogen) atoms. The molecule has 0 spiro atoms. The quantitative estimate of drug-likeness (QED) is 0.453. The Labute approximate surface area is 147 Å². The molecule has 1 heterocycles. The van der Waals surface area contributed by atoms with Gasteiger partial charge in [-0.05, 0) is 6.92 Å². The maximum Gasteiger partial charge on any atom is 0.409 e. The molecule has 2 N–H and O–H groups in total. The van der Waals surface area contributed by atoms with Crippen molar-refractivity contribution in [3.05, 3.63) is 27.3 Å². The van der Waals surface area contributed by atoms with E-state index in [0.717, 1.165) is 6.07 Å². The van der Waals surface area contributed by atoms with Crippen LogP contribution in [0.5, 0.6) is 11.5 Å². The van der Waals surface area contributed by atoms with Crippen LogP contribution in [0, 0.1) is 21.4 Å². The first kappa shape index (κ1) is 18.8. The number of phenols is 2. The van der Waals surface area contributed by atoms with Gasteiger partial charge in [-0.15, -0.1) is 0 Å². The number of rotatable bonds is 3. The molecule has 2 amide bonds. The smallest absolute Gasteiger partial charge is 0.409 e. The van der Waals surface area contributed by atoms with E-state index < -0.39 is 45.2 Å². The van der Waals surface area contributed by atoms with Crippen LogP contribution in [0.3, 0.4) is 0 Å². The fraction of sp³-hybridized carbons (Fsp3) is 0.400. The molecule has 138 valence electrons. The second kappa shape index (κ2) is 7.56. The minimum absolute atomic E-state index is 0.0707. The Kier molecular flexibility index (Phi) is 5.46. The molecule has 1 aromatic carbocycles.